The first-order chi connectivity index (χ1) is 8.35. The summed E-state index contributed by atoms with van der Waals surface area (Å²) in [6.45, 7) is 6.94. The van der Waals surface area contributed by atoms with Gasteiger partial charge in [-0.05, 0) is 37.7 Å². The van der Waals surface area contributed by atoms with Crippen molar-refractivity contribution in [1.29, 1.82) is 0 Å². The van der Waals surface area contributed by atoms with E-state index >= 15 is 0 Å². The van der Waals surface area contributed by atoms with E-state index in [0.29, 0.717) is 7.92 Å². The van der Waals surface area contributed by atoms with Crippen LogP contribution in [0.1, 0.15) is 59.3 Å². The van der Waals surface area contributed by atoms with Crippen molar-refractivity contribution in [3.05, 3.63) is 0 Å². The first kappa shape index (κ1) is 24.1. The van der Waals surface area contributed by atoms with E-state index in [0.717, 1.165) is 0 Å². The predicted octanol–water partition coefficient (Wildman–Crippen LogP) is 8.41. The van der Waals surface area contributed by atoms with E-state index in [1.807, 2.05) is 0 Å². The molecule has 0 aromatic rings. The van der Waals surface area contributed by atoms with Gasteiger partial charge in [-0.1, -0.05) is 40.0 Å². The fourth-order valence-corrected chi connectivity index (χ4v) is 4.44. The molecule has 0 aromatic carbocycles. The Labute approximate surface area is 164 Å². The van der Waals surface area contributed by atoms with Gasteiger partial charge < -0.3 is 0 Å². The van der Waals surface area contributed by atoms with Crippen molar-refractivity contribution < 1.29 is -0.154 Å². The van der Waals surface area contributed by atoms with Crippen LogP contribution in [0.4, 0.5) is 0 Å². The summed E-state index contributed by atoms with van der Waals surface area (Å²) in [4.78, 5) is 0. The van der Waals surface area contributed by atoms with Crippen LogP contribution in [0, 0.1) is 0 Å². The minimum absolute atomic E-state index is 0.245. The molecule has 0 bridgehead atoms. The van der Waals surface area contributed by atoms with Gasteiger partial charge in [-0.15, -0.1) is 7.92 Å². The zero-order valence-electron chi connectivity index (χ0n) is 11.6. The van der Waals surface area contributed by atoms with Crippen LogP contribution < -0.4 is 0 Å². The zero-order chi connectivity index (χ0) is 14.4. The number of rotatable bonds is 9. The van der Waals surface area contributed by atoms with Crippen molar-refractivity contribution >= 4 is 89.3 Å². The average molecular weight is 773 g/mol. The Balaban J connectivity index is 0. The third-order valence-electron chi connectivity index (χ3n) is 2.48. The third-order valence-corrected chi connectivity index (χ3v) is 5.33. The summed E-state index contributed by atoms with van der Waals surface area (Å²) in [6.07, 6.45) is 13.2. The molecule has 0 saturated heterocycles. The maximum atomic E-state index is 2.42. The molecule has 0 spiro atoms. The van der Waals surface area contributed by atoms with Gasteiger partial charge >= 0.3 is 81.2 Å². The monoisotopic (exact) mass is 773 g/mol. The zero-order valence-corrected chi connectivity index (χ0v) is 22.1. The molecule has 0 aromatic heterocycles. The number of unbranched alkanes of at least 4 members (excludes halogenated alkanes) is 3. The molecular formula is C12H27CuI4P. The van der Waals surface area contributed by atoms with E-state index in [-0.39, 0.29) is -0.154 Å². The minimum atomic E-state index is -0.245. The molecule has 0 aliphatic rings. The van der Waals surface area contributed by atoms with Crippen LogP contribution in [0.25, 0.3) is 0 Å². The molecule has 0 radical (unpaired) electrons. The normalized spacial score (nSPS) is 12.2. The Bertz CT molecular complexity index is 140. The van der Waals surface area contributed by atoms with Crippen molar-refractivity contribution in [3.8, 4) is 0 Å². The Kier molecular flexibility index (Phi) is 23.1. The van der Waals surface area contributed by atoms with E-state index < -0.39 is 0 Å². The van der Waals surface area contributed by atoms with Gasteiger partial charge in [0.2, 0.25) is 0 Å². The molecule has 0 rings (SSSR count). The maximum absolute atomic E-state index is 2.42. The van der Waals surface area contributed by atoms with Gasteiger partial charge in [0.05, 0.1) is 0 Å². The van der Waals surface area contributed by atoms with Gasteiger partial charge in [0.15, 0.2) is 0 Å². The first-order valence-electron chi connectivity index (χ1n) is 6.53. The van der Waals surface area contributed by atoms with Gasteiger partial charge in [-0.3, -0.25) is 0 Å². The number of hydrogen-bond acceptors (Lipinski definition) is 0. The fourth-order valence-electron chi connectivity index (χ4n) is 1.48. The summed E-state index contributed by atoms with van der Waals surface area (Å²) in [5.41, 5.74) is 0. The van der Waals surface area contributed by atoms with Gasteiger partial charge in [-0.2, -0.15) is 0 Å². The Hall–Kier alpha value is 3.87. The van der Waals surface area contributed by atoms with E-state index in [2.05, 4.69) is 102 Å². The fraction of sp³-hybridized carbons (Fsp3) is 1.00. The van der Waals surface area contributed by atoms with Crippen LogP contribution in [0.15, 0.2) is 0 Å². The van der Waals surface area contributed by atoms with Crippen LogP contribution in [0.5, 0.6) is 0 Å². The molecule has 0 unspecified atom stereocenters. The quantitative estimate of drug-likeness (QED) is 0.126. The van der Waals surface area contributed by atoms with Gasteiger partial charge in [-0.25, -0.2) is 0 Å². The number of hydrogen-bond donors (Lipinski definition) is 0. The topological polar surface area (TPSA) is 0 Å². The van der Waals surface area contributed by atoms with Crippen LogP contribution in [0.2, 0.25) is 0 Å². The second-order valence-corrected chi connectivity index (χ2v) is 54.5. The Morgan fingerprint density at radius 2 is 0.889 bits per heavy atom. The Morgan fingerprint density at radius 3 is 1.06 bits per heavy atom. The molecule has 6 heteroatoms. The van der Waals surface area contributed by atoms with Crippen LogP contribution in [-0.4, -0.2) is 18.5 Å². The van der Waals surface area contributed by atoms with Gasteiger partial charge in [0, 0.05) is 0 Å². The summed E-state index contributed by atoms with van der Waals surface area (Å²) in [7, 11) is 0.422. The molecule has 0 heterocycles. The van der Waals surface area contributed by atoms with Crippen molar-refractivity contribution in [3.63, 3.8) is 0 Å². The van der Waals surface area contributed by atoms with E-state index in [1.165, 1.54) is 38.5 Å². The SMILES string of the molecule is CCCCP(CCCC)CCCC.[I][Cu]([I])([I])[I]. The standard InChI is InChI=1S/C12H27P.Cu.4HI/c1-4-7-10-13(11-8-5-2)12-9-6-3;;;;;/h4-12H2,1-3H3;;4*1H/q;+4;;;;/p-4. The molecule has 0 aliphatic carbocycles. The molecule has 0 nitrogen and oxygen atoms in total. The van der Waals surface area contributed by atoms with E-state index in [4.69, 9.17) is 0 Å². The molecule has 0 atom stereocenters. The van der Waals surface area contributed by atoms with Crippen LogP contribution in [0.3, 0.4) is 0 Å². The predicted molar refractivity (Wildman–Crippen MR) is 122 cm³/mol. The third kappa shape index (κ3) is 28.1. The molecule has 0 fully saturated rings. The first-order valence-corrected chi connectivity index (χ1v) is 20.6. The summed E-state index contributed by atoms with van der Waals surface area (Å²) in [5, 5.41) is 0. The van der Waals surface area contributed by atoms with Gasteiger partial charge in [0.1, 0.15) is 0 Å². The molecule has 0 saturated carbocycles. The molecule has 0 aliphatic heterocycles. The van der Waals surface area contributed by atoms with E-state index in [1.54, 1.807) is 18.5 Å². The second-order valence-electron chi connectivity index (χ2n) is 4.16. The average Bonchev–Trinajstić information content (AvgIpc) is 2.26. The van der Waals surface area contributed by atoms with E-state index in [9.17, 15) is 0 Å². The molecule has 18 heavy (non-hydrogen) atoms. The molecule has 0 N–H and O–H groups in total. The van der Waals surface area contributed by atoms with Crippen molar-refractivity contribution in [2.45, 2.75) is 59.3 Å². The van der Waals surface area contributed by atoms with Crippen molar-refractivity contribution in [2.75, 3.05) is 18.5 Å². The molecule has 119 valence electrons. The van der Waals surface area contributed by atoms with Crippen molar-refractivity contribution in [2.24, 2.45) is 0 Å². The van der Waals surface area contributed by atoms with Crippen LogP contribution in [-0.2, 0) is -0.154 Å². The summed E-state index contributed by atoms with van der Waals surface area (Å²) >= 11 is 9.66. The summed E-state index contributed by atoms with van der Waals surface area (Å²) < 4.78 is -0.245. The van der Waals surface area contributed by atoms with Crippen LogP contribution >= 0.6 is 89.3 Å². The van der Waals surface area contributed by atoms with Crippen molar-refractivity contribution in [1.82, 2.24) is 0 Å². The summed E-state index contributed by atoms with van der Waals surface area (Å²) in [5.74, 6) is 0. The molecule has 0 amide bonds. The molecular weight excluding hydrogens is 746 g/mol. The number of halogens is 4. The van der Waals surface area contributed by atoms with Gasteiger partial charge in [0.25, 0.3) is 0 Å². The second kappa shape index (κ2) is 17.2. The summed E-state index contributed by atoms with van der Waals surface area (Å²) in [6, 6.07) is 0. The Morgan fingerprint density at radius 1 is 0.667 bits per heavy atom.